The first kappa shape index (κ1) is 20.8. The summed E-state index contributed by atoms with van der Waals surface area (Å²) in [6.45, 7) is 3.33. The van der Waals surface area contributed by atoms with Gasteiger partial charge in [0.1, 0.15) is 11.6 Å². The second-order valence-electron chi connectivity index (χ2n) is 8.41. The highest BCUT2D eigenvalue weighted by Crippen LogP contribution is 2.26. The molecule has 1 aromatic heterocycles. The van der Waals surface area contributed by atoms with E-state index in [0.717, 1.165) is 31.7 Å². The van der Waals surface area contributed by atoms with Crippen LogP contribution in [0.5, 0.6) is 5.75 Å². The molecule has 0 N–H and O–H groups in total. The van der Waals surface area contributed by atoms with Crippen LogP contribution in [0, 0.1) is 11.7 Å². The number of pyridine rings is 1. The molecule has 1 aliphatic heterocycles. The molecule has 2 aromatic rings. The van der Waals surface area contributed by atoms with Crippen LogP contribution in [0.4, 0.5) is 4.39 Å². The molecule has 5 nitrogen and oxygen atoms in total. The fraction of sp³-hybridized carbons (Fsp3) is 0.500. The highest BCUT2D eigenvalue weighted by atomic mass is 19.1. The molecule has 2 heterocycles. The lowest BCUT2D eigenvalue weighted by atomic mass is 10.0. The zero-order chi connectivity index (χ0) is 20.8. The van der Waals surface area contributed by atoms with Crippen molar-refractivity contribution in [3.05, 3.63) is 60.2 Å². The summed E-state index contributed by atoms with van der Waals surface area (Å²) >= 11 is 0. The first-order chi connectivity index (χ1) is 14.7. The van der Waals surface area contributed by atoms with E-state index >= 15 is 0 Å². The number of hydrogen-bond acceptors (Lipinski definition) is 4. The maximum Gasteiger partial charge on any atom is 0.260 e. The van der Waals surface area contributed by atoms with E-state index in [0.29, 0.717) is 24.3 Å². The summed E-state index contributed by atoms with van der Waals surface area (Å²) in [7, 11) is 0. The van der Waals surface area contributed by atoms with Gasteiger partial charge in [0.2, 0.25) is 0 Å². The second-order valence-corrected chi connectivity index (χ2v) is 8.41. The molecular weight excluding hydrogens is 381 g/mol. The van der Waals surface area contributed by atoms with Gasteiger partial charge in [-0.3, -0.25) is 14.7 Å². The number of hydrogen-bond donors (Lipinski definition) is 0. The van der Waals surface area contributed by atoms with E-state index in [1.807, 2.05) is 23.2 Å². The predicted molar refractivity (Wildman–Crippen MR) is 114 cm³/mol. The number of carbonyl (C=O) groups is 1. The Bertz CT molecular complexity index is 809. The van der Waals surface area contributed by atoms with E-state index in [4.69, 9.17) is 4.74 Å². The number of halogens is 1. The van der Waals surface area contributed by atoms with Crippen LogP contribution in [0.1, 0.15) is 31.4 Å². The van der Waals surface area contributed by atoms with Crippen LogP contribution in [0.25, 0.3) is 0 Å². The maximum absolute atomic E-state index is 13.1. The molecule has 2 aliphatic rings. The standard InChI is InChI=1S/C24H30FN3O2/c25-20-8-10-23(11-9-20)30-18-24(29)28-14-13-27(22-6-1-2-7-22)16-19(17-28)15-21-5-3-4-12-26-21/h3-5,8-12,19,22H,1-2,6-7,13-18H2. The van der Waals surface area contributed by atoms with E-state index in [1.54, 1.807) is 12.1 Å². The number of rotatable bonds is 6. The van der Waals surface area contributed by atoms with Crippen LogP contribution in [-0.2, 0) is 11.2 Å². The molecule has 0 spiro atoms. The Balaban J connectivity index is 1.41. The van der Waals surface area contributed by atoms with Gasteiger partial charge in [0.15, 0.2) is 6.61 Å². The number of carbonyl (C=O) groups excluding carboxylic acids is 1. The molecule has 1 unspecified atom stereocenters. The van der Waals surface area contributed by atoms with Crippen LogP contribution in [-0.4, -0.2) is 59.5 Å². The molecule has 2 fully saturated rings. The van der Waals surface area contributed by atoms with Crippen molar-refractivity contribution in [2.24, 2.45) is 5.92 Å². The molecule has 4 rings (SSSR count). The molecular formula is C24H30FN3O2. The van der Waals surface area contributed by atoms with Gasteiger partial charge in [-0.2, -0.15) is 0 Å². The van der Waals surface area contributed by atoms with Gasteiger partial charge < -0.3 is 9.64 Å². The van der Waals surface area contributed by atoms with Crippen LogP contribution in [0.2, 0.25) is 0 Å². The Morgan fingerprint density at radius 2 is 1.87 bits per heavy atom. The maximum atomic E-state index is 13.1. The molecule has 1 amide bonds. The first-order valence-electron chi connectivity index (χ1n) is 11.0. The van der Waals surface area contributed by atoms with Gasteiger partial charge >= 0.3 is 0 Å². The van der Waals surface area contributed by atoms with E-state index in [2.05, 4.69) is 16.0 Å². The van der Waals surface area contributed by atoms with Gasteiger partial charge in [0.25, 0.3) is 5.91 Å². The van der Waals surface area contributed by atoms with E-state index < -0.39 is 0 Å². The zero-order valence-corrected chi connectivity index (χ0v) is 17.4. The van der Waals surface area contributed by atoms with Crippen molar-refractivity contribution in [3.8, 4) is 5.75 Å². The summed E-state index contributed by atoms with van der Waals surface area (Å²) in [6, 6.07) is 12.4. The lowest BCUT2D eigenvalue weighted by Crippen LogP contribution is -2.40. The number of benzene rings is 1. The van der Waals surface area contributed by atoms with Crippen molar-refractivity contribution < 1.29 is 13.9 Å². The summed E-state index contributed by atoms with van der Waals surface area (Å²) in [5.74, 6) is 0.527. The largest absolute Gasteiger partial charge is 0.484 e. The summed E-state index contributed by atoms with van der Waals surface area (Å²) in [6.07, 6.45) is 7.84. The highest BCUT2D eigenvalue weighted by molar-refractivity contribution is 5.77. The smallest absolute Gasteiger partial charge is 0.260 e. The fourth-order valence-electron chi connectivity index (χ4n) is 4.67. The molecule has 0 bridgehead atoms. The Labute approximate surface area is 177 Å². The van der Waals surface area contributed by atoms with Crippen molar-refractivity contribution in [2.45, 2.75) is 38.1 Å². The van der Waals surface area contributed by atoms with E-state index in [9.17, 15) is 9.18 Å². The molecule has 1 saturated carbocycles. The Morgan fingerprint density at radius 3 is 2.60 bits per heavy atom. The lowest BCUT2D eigenvalue weighted by Gasteiger charge is -2.29. The lowest BCUT2D eigenvalue weighted by molar-refractivity contribution is -0.133. The SMILES string of the molecule is O=C(COc1ccc(F)cc1)N1CCN(C2CCCC2)CC(Cc2ccccn2)C1. The van der Waals surface area contributed by atoms with Crippen molar-refractivity contribution in [2.75, 3.05) is 32.8 Å². The van der Waals surface area contributed by atoms with Crippen LogP contribution in [0.3, 0.4) is 0 Å². The van der Waals surface area contributed by atoms with Crippen molar-refractivity contribution in [3.63, 3.8) is 0 Å². The number of ether oxygens (including phenoxy) is 1. The monoisotopic (exact) mass is 411 g/mol. The molecule has 1 saturated heterocycles. The van der Waals surface area contributed by atoms with Gasteiger partial charge in [0.05, 0.1) is 0 Å². The van der Waals surface area contributed by atoms with Crippen LogP contribution >= 0.6 is 0 Å². The van der Waals surface area contributed by atoms with E-state index in [1.165, 1.54) is 37.8 Å². The number of amides is 1. The highest BCUT2D eigenvalue weighted by Gasteiger charge is 2.31. The first-order valence-corrected chi connectivity index (χ1v) is 11.0. The van der Waals surface area contributed by atoms with Crippen molar-refractivity contribution in [1.29, 1.82) is 0 Å². The minimum Gasteiger partial charge on any atom is -0.484 e. The molecule has 30 heavy (non-hydrogen) atoms. The molecule has 1 aromatic carbocycles. The molecule has 1 atom stereocenters. The van der Waals surface area contributed by atoms with Gasteiger partial charge in [-0.05, 0) is 61.6 Å². The molecule has 6 heteroatoms. The Hall–Kier alpha value is -2.47. The van der Waals surface area contributed by atoms with Crippen molar-refractivity contribution >= 4 is 5.91 Å². The number of nitrogens with zero attached hydrogens (tertiary/aromatic N) is 3. The second kappa shape index (κ2) is 10.0. The summed E-state index contributed by atoms with van der Waals surface area (Å²) < 4.78 is 18.7. The number of aromatic nitrogens is 1. The minimum atomic E-state index is -0.314. The molecule has 0 radical (unpaired) electrons. The molecule has 1 aliphatic carbocycles. The third-order valence-electron chi connectivity index (χ3n) is 6.22. The quantitative estimate of drug-likeness (QED) is 0.729. The Kier molecular flexibility index (Phi) is 6.95. The normalized spacial score (nSPS) is 20.8. The van der Waals surface area contributed by atoms with Crippen LogP contribution < -0.4 is 4.74 Å². The van der Waals surface area contributed by atoms with E-state index in [-0.39, 0.29) is 18.3 Å². The average molecular weight is 412 g/mol. The van der Waals surface area contributed by atoms with Gasteiger partial charge in [0, 0.05) is 44.1 Å². The summed E-state index contributed by atoms with van der Waals surface area (Å²) in [4.78, 5) is 21.9. The van der Waals surface area contributed by atoms with Gasteiger partial charge in [-0.25, -0.2) is 4.39 Å². The van der Waals surface area contributed by atoms with Gasteiger partial charge in [-0.15, -0.1) is 0 Å². The third kappa shape index (κ3) is 5.57. The predicted octanol–water partition coefficient (Wildman–Crippen LogP) is 3.55. The van der Waals surface area contributed by atoms with Crippen LogP contribution in [0.15, 0.2) is 48.7 Å². The summed E-state index contributed by atoms with van der Waals surface area (Å²) in [5, 5.41) is 0. The minimum absolute atomic E-state index is 0.0152. The Morgan fingerprint density at radius 1 is 1.07 bits per heavy atom. The fourth-order valence-corrected chi connectivity index (χ4v) is 4.67. The zero-order valence-electron chi connectivity index (χ0n) is 17.4. The topological polar surface area (TPSA) is 45.7 Å². The summed E-state index contributed by atoms with van der Waals surface area (Å²) in [5.41, 5.74) is 1.07. The average Bonchev–Trinajstić information content (AvgIpc) is 3.22. The van der Waals surface area contributed by atoms with Crippen molar-refractivity contribution in [1.82, 2.24) is 14.8 Å². The van der Waals surface area contributed by atoms with Gasteiger partial charge in [-0.1, -0.05) is 18.9 Å². The third-order valence-corrected chi connectivity index (χ3v) is 6.22. The molecule has 160 valence electrons.